The molecule has 1 N–H and O–H groups in total. The van der Waals surface area contributed by atoms with E-state index >= 15 is 0 Å². The minimum absolute atomic E-state index is 0.260. The van der Waals surface area contributed by atoms with Crippen LogP contribution in [0.5, 0.6) is 0 Å². The summed E-state index contributed by atoms with van der Waals surface area (Å²) in [5.41, 5.74) is 0.983. The zero-order valence-electron chi connectivity index (χ0n) is 8.26. The van der Waals surface area contributed by atoms with Crippen LogP contribution in [-0.2, 0) is 0 Å². The van der Waals surface area contributed by atoms with Gasteiger partial charge in [-0.25, -0.2) is 9.07 Å². The highest BCUT2D eigenvalue weighted by molar-refractivity contribution is 5.52. The number of halogens is 1. The molecule has 2 rings (SSSR count). The molecule has 0 aliphatic carbocycles. The normalized spacial score (nSPS) is 9.75. The summed E-state index contributed by atoms with van der Waals surface area (Å²) in [7, 11) is 0. The van der Waals surface area contributed by atoms with E-state index in [9.17, 15) is 4.39 Å². The lowest BCUT2D eigenvalue weighted by Gasteiger charge is -2.06. The van der Waals surface area contributed by atoms with Gasteiger partial charge in [0.25, 0.3) is 0 Å². The Labute approximate surface area is 91.3 Å². The fraction of sp³-hybridized carbons (Fsp3) is 0.100. The number of nitrogens with one attached hydrogen (secondary N) is 1. The van der Waals surface area contributed by atoms with Crippen molar-refractivity contribution < 1.29 is 4.39 Å². The van der Waals surface area contributed by atoms with Crippen LogP contribution in [0, 0.1) is 18.2 Å². The summed E-state index contributed by atoms with van der Waals surface area (Å²) in [5.74, 6) is 2.00. The van der Waals surface area contributed by atoms with E-state index in [-0.39, 0.29) is 12.4 Å². The van der Waals surface area contributed by atoms with Gasteiger partial charge in [0, 0.05) is 0 Å². The first kappa shape index (κ1) is 10.1. The second-order valence-corrected chi connectivity index (χ2v) is 2.98. The summed E-state index contributed by atoms with van der Waals surface area (Å²) in [5, 5.41) is 13.5. The summed E-state index contributed by atoms with van der Waals surface area (Å²) in [6, 6.07) is 4.49. The third-order valence-electron chi connectivity index (χ3n) is 1.94. The van der Waals surface area contributed by atoms with E-state index in [1.54, 1.807) is 12.1 Å². The molecule has 0 atom stereocenters. The molecule has 0 saturated heterocycles. The molecule has 0 bridgehead atoms. The van der Waals surface area contributed by atoms with Crippen LogP contribution >= 0.6 is 0 Å². The van der Waals surface area contributed by atoms with Crippen LogP contribution in [0.4, 0.5) is 10.1 Å². The number of nitrogens with zero attached hydrogens (tertiary/aromatic N) is 4. The van der Waals surface area contributed by atoms with Gasteiger partial charge in [0.05, 0.1) is 17.9 Å². The van der Waals surface area contributed by atoms with Gasteiger partial charge in [-0.15, -0.1) is 11.5 Å². The summed E-state index contributed by atoms with van der Waals surface area (Å²) < 4.78 is 14.8. The van der Waals surface area contributed by atoms with E-state index in [2.05, 4.69) is 26.8 Å². The van der Waals surface area contributed by atoms with Gasteiger partial charge in [0.15, 0.2) is 0 Å². The van der Waals surface area contributed by atoms with E-state index in [4.69, 9.17) is 6.42 Å². The molecule has 1 aromatic carbocycles. The van der Waals surface area contributed by atoms with Gasteiger partial charge in [-0.1, -0.05) is 5.92 Å². The van der Waals surface area contributed by atoms with Crippen molar-refractivity contribution in [1.29, 1.82) is 0 Å². The largest absolute Gasteiger partial charge is 0.372 e. The maximum absolute atomic E-state index is 13.3. The highest BCUT2D eigenvalue weighted by Gasteiger charge is 2.04. The molecule has 6 heteroatoms. The Balaban J connectivity index is 2.33. The summed E-state index contributed by atoms with van der Waals surface area (Å²) in [6.45, 7) is 0.260. The molecule has 0 radical (unpaired) electrons. The standard InChI is InChI=1S/C10H8FN5/c1-2-5-12-10-6-8(3-4-9(10)11)16-7-13-14-15-16/h1,3-4,6-7,12H,5H2. The van der Waals surface area contributed by atoms with Crippen LogP contribution in [0.15, 0.2) is 24.5 Å². The number of tetrazole rings is 1. The SMILES string of the molecule is C#CCNc1cc(-n2cnnn2)ccc1F. The second-order valence-electron chi connectivity index (χ2n) is 2.98. The molecule has 0 fully saturated rings. The molecule has 16 heavy (non-hydrogen) atoms. The van der Waals surface area contributed by atoms with Crippen molar-refractivity contribution in [3.05, 3.63) is 30.3 Å². The molecule has 0 unspecified atom stereocenters. The number of rotatable bonds is 3. The van der Waals surface area contributed by atoms with Crippen LogP contribution in [0.3, 0.4) is 0 Å². The van der Waals surface area contributed by atoms with Crippen molar-refractivity contribution in [3.8, 4) is 18.0 Å². The smallest absolute Gasteiger partial charge is 0.146 e. The molecule has 0 aliphatic heterocycles. The summed E-state index contributed by atoms with van der Waals surface area (Å²) in [4.78, 5) is 0. The molecule has 80 valence electrons. The highest BCUT2D eigenvalue weighted by atomic mass is 19.1. The zero-order valence-corrected chi connectivity index (χ0v) is 8.26. The average Bonchev–Trinajstić information content (AvgIpc) is 2.81. The number of anilines is 1. The molecule has 0 aliphatic rings. The average molecular weight is 217 g/mol. The van der Waals surface area contributed by atoms with E-state index in [0.717, 1.165) is 0 Å². The van der Waals surface area contributed by atoms with Crippen LogP contribution < -0.4 is 5.32 Å². The van der Waals surface area contributed by atoms with Crippen molar-refractivity contribution in [2.24, 2.45) is 0 Å². The van der Waals surface area contributed by atoms with E-state index in [0.29, 0.717) is 11.4 Å². The maximum Gasteiger partial charge on any atom is 0.146 e. The monoisotopic (exact) mass is 217 g/mol. The Morgan fingerprint density at radius 3 is 3.06 bits per heavy atom. The van der Waals surface area contributed by atoms with Crippen molar-refractivity contribution in [3.63, 3.8) is 0 Å². The number of benzene rings is 1. The number of aromatic nitrogens is 4. The minimum atomic E-state index is -0.368. The quantitative estimate of drug-likeness (QED) is 0.774. The van der Waals surface area contributed by atoms with Gasteiger partial charge in [0.1, 0.15) is 12.1 Å². The molecular formula is C10H8FN5. The van der Waals surface area contributed by atoms with Crippen LogP contribution in [0.2, 0.25) is 0 Å². The predicted molar refractivity (Wildman–Crippen MR) is 56.4 cm³/mol. The molecule has 5 nitrogen and oxygen atoms in total. The van der Waals surface area contributed by atoms with Crippen LogP contribution in [0.1, 0.15) is 0 Å². The van der Waals surface area contributed by atoms with E-state index in [1.807, 2.05) is 0 Å². The lowest BCUT2D eigenvalue weighted by atomic mass is 10.2. The van der Waals surface area contributed by atoms with Gasteiger partial charge < -0.3 is 5.32 Å². The van der Waals surface area contributed by atoms with Crippen LogP contribution in [0.25, 0.3) is 5.69 Å². The van der Waals surface area contributed by atoms with Gasteiger partial charge >= 0.3 is 0 Å². The van der Waals surface area contributed by atoms with Crippen molar-refractivity contribution >= 4 is 5.69 Å². The van der Waals surface area contributed by atoms with Crippen LogP contribution in [-0.4, -0.2) is 26.8 Å². The van der Waals surface area contributed by atoms with Gasteiger partial charge in [-0.2, -0.15) is 0 Å². The fourth-order valence-electron chi connectivity index (χ4n) is 1.22. The Hall–Kier alpha value is -2.42. The molecule has 0 spiro atoms. The lowest BCUT2D eigenvalue weighted by Crippen LogP contribution is -2.03. The molecule has 1 aromatic heterocycles. The first-order valence-electron chi connectivity index (χ1n) is 4.51. The third-order valence-corrected chi connectivity index (χ3v) is 1.94. The Kier molecular flexibility index (Phi) is 2.78. The predicted octanol–water partition coefficient (Wildman–Crippen LogP) is 0.846. The Morgan fingerprint density at radius 2 is 2.38 bits per heavy atom. The minimum Gasteiger partial charge on any atom is -0.372 e. The number of hydrogen-bond donors (Lipinski definition) is 1. The zero-order chi connectivity index (χ0) is 11.4. The van der Waals surface area contributed by atoms with Crippen molar-refractivity contribution in [2.45, 2.75) is 0 Å². The third kappa shape index (κ3) is 1.98. The van der Waals surface area contributed by atoms with E-state index in [1.165, 1.54) is 17.1 Å². The Morgan fingerprint density at radius 1 is 1.50 bits per heavy atom. The molecular weight excluding hydrogens is 209 g/mol. The first-order valence-corrected chi connectivity index (χ1v) is 4.51. The number of terminal acetylenes is 1. The fourth-order valence-corrected chi connectivity index (χ4v) is 1.22. The Bertz CT molecular complexity index is 515. The van der Waals surface area contributed by atoms with Gasteiger partial charge in [-0.05, 0) is 28.6 Å². The van der Waals surface area contributed by atoms with Crippen molar-refractivity contribution in [1.82, 2.24) is 20.2 Å². The van der Waals surface area contributed by atoms with Gasteiger partial charge in [0.2, 0.25) is 0 Å². The first-order chi connectivity index (χ1) is 7.81. The molecule has 2 aromatic rings. The van der Waals surface area contributed by atoms with E-state index < -0.39 is 0 Å². The number of hydrogen-bond acceptors (Lipinski definition) is 4. The second kappa shape index (κ2) is 4.40. The molecule has 0 amide bonds. The summed E-state index contributed by atoms with van der Waals surface area (Å²) in [6.07, 6.45) is 6.52. The van der Waals surface area contributed by atoms with Gasteiger partial charge in [-0.3, -0.25) is 0 Å². The summed E-state index contributed by atoms with van der Waals surface area (Å²) >= 11 is 0. The highest BCUT2D eigenvalue weighted by Crippen LogP contribution is 2.17. The lowest BCUT2D eigenvalue weighted by molar-refractivity contribution is 0.630. The topological polar surface area (TPSA) is 55.6 Å². The molecule has 1 heterocycles. The maximum atomic E-state index is 13.3. The van der Waals surface area contributed by atoms with Crippen molar-refractivity contribution in [2.75, 3.05) is 11.9 Å². The molecule has 0 saturated carbocycles.